The molecule has 4 aliphatic carbocycles. The number of carbonyl (C=O) groups is 6. The zero-order valence-corrected chi connectivity index (χ0v) is 26.6. The second kappa shape index (κ2) is 12.8. The number of hydrogen-bond acceptors (Lipinski definition) is 9. The summed E-state index contributed by atoms with van der Waals surface area (Å²) in [4.78, 5) is 70.1. The van der Waals surface area contributed by atoms with Crippen LogP contribution in [0.4, 0.5) is 0 Å². The summed E-state index contributed by atoms with van der Waals surface area (Å²) in [5.41, 5.74) is 1.45. The largest absolute Gasteiger partial charge is 0.458 e. The van der Waals surface area contributed by atoms with E-state index in [4.69, 9.17) is 9.47 Å². The Morgan fingerprint density at radius 3 is 2.20 bits per heavy atom. The van der Waals surface area contributed by atoms with E-state index in [1.54, 1.807) is 19.9 Å². The molecule has 6 atom stereocenters. The van der Waals surface area contributed by atoms with Gasteiger partial charge in [-0.25, -0.2) is 0 Å². The Hall–Kier alpha value is -3.62. The lowest BCUT2D eigenvalue weighted by molar-refractivity contribution is -0.161. The van der Waals surface area contributed by atoms with Gasteiger partial charge in [0.2, 0.25) is 0 Å². The van der Waals surface area contributed by atoms with E-state index < -0.39 is 17.5 Å². The molecule has 0 amide bonds. The minimum absolute atomic E-state index is 0.0206. The van der Waals surface area contributed by atoms with E-state index >= 15 is 0 Å². The molecule has 5 aliphatic rings. The summed E-state index contributed by atoms with van der Waals surface area (Å²) in [6.07, 6.45) is 14.6. The van der Waals surface area contributed by atoms with E-state index in [2.05, 4.69) is 24.7 Å². The Bertz CT molecular complexity index is 1360. The molecule has 9 heteroatoms. The highest BCUT2D eigenvalue weighted by Gasteiger charge is 2.67. The Morgan fingerprint density at radius 1 is 0.955 bits per heavy atom. The molecule has 9 nitrogen and oxygen atoms in total. The fraction of sp³-hybridized carbons (Fsp3) is 0.600. The van der Waals surface area contributed by atoms with Crippen LogP contribution in [0.3, 0.4) is 0 Å². The summed E-state index contributed by atoms with van der Waals surface area (Å²) in [7, 11) is 0. The average Bonchev–Trinajstić information content (AvgIpc) is 3.47. The molecule has 1 heterocycles. The average molecular weight is 609 g/mol. The summed E-state index contributed by atoms with van der Waals surface area (Å²) in [5.74, 6) is -1.15. The molecule has 0 aromatic heterocycles. The van der Waals surface area contributed by atoms with Crippen molar-refractivity contribution >= 4 is 35.3 Å². The normalized spacial score (nSPS) is 33.9. The first-order chi connectivity index (χ1) is 20.6. The lowest BCUT2D eigenvalue weighted by atomic mass is 9.47. The SMILES string of the molecule is CC(=O)O/C=C/C(=O)[C@@H]1CC2=CC(=O)CC[C@]2(C)C2=CC[C@@]3(C)[C@@H](CC[C@@]34CCC(=O)O4)[C@@H]21.CC(=O)O/C=C\C(=O)C(C)C. The molecule has 0 radical (unpaired) electrons. The first kappa shape index (κ1) is 33.3. The molecular weight excluding hydrogens is 564 g/mol. The van der Waals surface area contributed by atoms with E-state index in [1.165, 1.54) is 37.8 Å². The summed E-state index contributed by atoms with van der Waals surface area (Å²) in [6.45, 7) is 10.6. The van der Waals surface area contributed by atoms with Gasteiger partial charge in [-0.15, -0.1) is 0 Å². The van der Waals surface area contributed by atoms with Crippen molar-refractivity contribution in [2.24, 2.45) is 34.5 Å². The molecule has 0 bridgehead atoms. The lowest BCUT2D eigenvalue weighted by Gasteiger charge is -2.56. The highest BCUT2D eigenvalue weighted by Crippen LogP contribution is 2.69. The van der Waals surface area contributed by atoms with Gasteiger partial charge < -0.3 is 14.2 Å². The standard InChI is InChI=1S/C27H32O6.C8H12O3/c1-16(28)32-13-8-22(30)19-15-17-14-18(29)4-9-25(17,2)20-5-10-26(3)21(24(19)20)6-11-27(26)12-7-23(31)33-27;1-6(2)8(10)4-5-11-7(3)9/h5,8,13-14,19,21,24H,4,6-7,9-12,15H2,1-3H3;4-6H,1-3H3/b13-8+;5-4-/t19-,21-,24+,25-,26-,27+;/m0./s1. The predicted molar refractivity (Wildman–Crippen MR) is 160 cm³/mol. The van der Waals surface area contributed by atoms with Gasteiger partial charge in [0.25, 0.3) is 0 Å². The van der Waals surface area contributed by atoms with E-state index in [0.29, 0.717) is 19.3 Å². The number of carbonyl (C=O) groups excluding carboxylic acids is 6. The Balaban J connectivity index is 0.000000345. The van der Waals surface area contributed by atoms with Crippen LogP contribution in [-0.2, 0) is 43.0 Å². The molecule has 0 N–H and O–H groups in total. The smallest absolute Gasteiger partial charge is 0.307 e. The van der Waals surface area contributed by atoms with Crippen LogP contribution in [0.1, 0.15) is 92.9 Å². The highest BCUT2D eigenvalue weighted by atomic mass is 16.6. The van der Waals surface area contributed by atoms with Gasteiger partial charge in [0.15, 0.2) is 17.3 Å². The lowest BCUT2D eigenvalue weighted by Crippen LogP contribution is -2.53. The maximum atomic E-state index is 13.4. The van der Waals surface area contributed by atoms with Crippen LogP contribution in [0.15, 0.2) is 48.0 Å². The number of allylic oxidation sites excluding steroid dienone is 6. The molecule has 1 aliphatic heterocycles. The monoisotopic (exact) mass is 608 g/mol. The van der Waals surface area contributed by atoms with Crippen molar-refractivity contribution in [3.63, 3.8) is 0 Å². The van der Waals surface area contributed by atoms with Crippen LogP contribution in [0, 0.1) is 34.5 Å². The van der Waals surface area contributed by atoms with E-state index in [-0.39, 0.29) is 57.8 Å². The fourth-order valence-corrected chi connectivity index (χ4v) is 8.14. The van der Waals surface area contributed by atoms with Crippen LogP contribution in [0.25, 0.3) is 0 Å². The molecule has 2 saturated carbocycles. The molecule has 1 saturated heterocycles. The molecule has 0 aromatic rings. The first-order valence-electron chi connectivity index (χ1n) is 15.5. The van der Waals surface area contributed by atoms with Gasteiger partial charge in [0.1, 0.15) is 5.60 Å². The van der Waals surface area contributed by atoms with Gasteiger partial charge in [-0.2, -0.15) is 0 Å². The fourth-order valence-electron chi connectivity index (χ4n) is 8.14. The van der Waals surface area contributed by atoms with Crippen molar-refractivity contribution in [1.82, 2.24) is 0 Å². The van der Waals surface area contributed by atoms with Gasteiger partial charge in [0, 0.05) is 61.5 Å². The van der Waals surface area contributed by atoms with Gasteiger partial charge >= 0.3 is 17.9 Å². The molecule has 5 rings (SSSR count). The Morgan fingerprint density at radius 2 is 1.61 bits per heavy atom. The van der Waals surface area contributed by atoms with Crippen molar-refractivity contribution in [3.05, 3.63) is 48.0 Å². The number of ether oxygens (including phenoxy) is 3. The predicted octanol–water partition coefficient (Wildman–Crippen LogP) is 5.67. The van der Waals surface area contributed by atoms with Gasteiger partial charge in [-0.3, -0.25) is 28.8 Å². The highest BCUT2D eigenvalue weighted by molar-refractivity contribution is 5.95. The summed E-state index contributed by atoms with van der Waals surface area (Å²) >= 11 is 0. The molecule has 3 fully saturated rings. The Kier molecular flexibility index (Phi) is 9.66. The summed E-state index contributed by atoms with van der Waals surface area (Å²) in [6, 6.07) is 0. The molecule has 1 spiro atoms. The maximum Gasteiger partial charge on any atom is 0.307 e. The van der Waals surface area contributed by atoms with Crippen molar-refractivity contribution in [2.75, 3.05) is 0 Å². The van der Waals surface area contributed by atoms with Crippen LogP contribution in [-0.4, -0.2) is 40.9 Å². The topological polar surface area (TPSA) is 130 Å². The van der Waals surface area contributed by atoms with Crippen LogP contribution in [0.5, 0.6) is 0 Å². The second-order valence-electron chi connectivity index (χ2n) is 13.5. The van der Waals surface area contributed by atoms with Crippen molar-refractivity contribution in [3.8, 4) is 0 Å². The summed E-state index contributed by atoms with van der Waals surface area (Å²) in [5, 5.41) is 0. The minimum Gasteiger partial charge on any atom is -0.458 e. The van der Waals surface area contributed by atoms with Crippen LogP contribution < -0.4 is 0 Å². The van der Waals surface area contributed by atoms with E-state index in [1.807, 2.05) is 0 Å². The maximum absolute atomic E-state index is 13.4. The first-order valence-corrected chi connectivity index (χ1v) is 15.5. The molecule has 0 aromatic carbocycles. The quantitative estimate of drug-likeness (QED) is 0.123. The van der Waals surface area contributed by atoms with Gasteiger partial charge in [-0.1, -0.05) is 44.9 Å². The number of rotatable bonds is 6. The third-order valence-electron chi connectivity index (χ3n) is 10.6. The van der Waals surface area contributed by atoms with E-state index in [9.17, 15) is 28.8 Å². The van der Waals surface area contributed by atoms with E-state index in [0.717, 1.165) is 43.9 Å². The molecule has 44 heavy (non-hydrogen) atoms. The van der Waals surface area contributed by atoms with Crippen LogP contribution in [0.2, 0.25) is 0 Å². The zero-order chi connectivity index (χ0) is 32.4. The molecule has 238 valence electrons. The summed E-state index contributed by atoms with van der Waals surface area (Å²) < 4.78 is 15.3. The molecular formula is C35H44O9. The number of fused-ring (bicyclic) bond motifs is 6. The van der Waals surface area contributed by atoms with Gasteiger partial charge in [-0.05, 0) is 56.4 Å². The van der Waals surface area contributed by atoms with Crippen molar-refractivity contribution < 1.29 is 43.0 Å². The minimum atomic E-state index is -0.470. The third kappa shape index (κ3) is 6.28. The molecule has 0 unspecified atom stereocenters. The third-order valence-corrected chi connectivity index (χ3v) is 10.6. The van der Waals surface area contributed by atoms with Gasteiger partial charge in [0.05, 0.1) is 12.5 Å². The van der Waals surface area contributed by atoms with Crippen molar-refractivity contribution in [1.29, 1.82) is 0 Å². The Labute approximate surface area is 259 Å². The number of esters is 3. The zero-order valence-electron chi connectivity index (χ0n) is 26.6. The van der Waals surface area contributed by atoms with Crippen LogP contribution >= 0.6 is 0 Å². The number of ketones is 3. The second-order valence-corrected chi connectivity index (χ2v) is 13.5. The number of hydrogen-bond donors (Lipinski definition) is 0. The van der Waals surface area contributed by atoms with Crippen molar-refractivity contribution in [2.45, 2.75) is 98.5 Å².